The lowest BCUT2D eigenvalue weighted by atomic mass is 9.75. The van der Waals surface area contributed by atoms with Gasteiger partial charge in [0.2, 0.25) is 5.91 Å². The molecule has 0 radical (unpaired) electrons. The van der Waals surface area contributed by atoms with Crippen molar-refractivity contribution in [3.05, 3.63) is 29.3 Å². The van der Waals surface area contributed by atoms with Crippen LogP contribution in [0.25, 0.3) is 0 Å². The minimum Gasteiger partial charge on any atom is -0.497 e. The number of carbonyl (C=O) groups is 1. The maximum atomic E-state index is 13.2. The standard InChI is InChI=1S/C22H32N2O5/c1-27-18-2-3-19-17(14-18)4-9-24(22(19)7-12-29-13-8-22)20(25)15-23-16-21(26)5-10-28-11-6-21/h2-3,14,23,26H,4-13,15-16H2,1H3. The Morgan fingerprint density at radius 2 is 1.86 bits per heavy atom. The number of nitrogens with one attached hydrogen (secondary N) is 1. The fourth-order valence-corrected chi connectivity index (χ4v) is 4.99. The van der Waals surface area contributed by atoms with E-state index >= 15 is 0 Å². The number of nitrogens with zero attached hydrogens (tertiary/aromatic N) is 1. The van der Waals surface area contributed by atoms with Gasteiger partial charge in [-0.15, -0.1) is 0 Å². The zero-order valence-electron chi connectivity index (χ0n) is 17.2. The number of methoxy groups -OCH3 is 1. The summed E-state index contributed by atoms with van der Waals surface area (Å²) in [5.41, 5.74) is 1.40. The van der Waals surface area contributed by atoms with Gasteiger partial charge in [-0.3, -0.25) is 4.79 Å². The molecule has 29 heavy (non-hydrogen) atoms. The summed E-state index contributed by atoms with van der Waals surface area (Å²) >= 11 is 0. The van der Waals surface area contributed by atoms with E-state index in [0.717, 1.165) is 25.0 Å². The number of hydrogen-bond acceptors (Lipinski definition) is 6. The number of fused-ring (bicyclic) bond motifs is 2. The maximum absolute atomic E-state index is 13.2. The fourth-order valence-electron chi connectivity index (χ4n) is 4.99. The van der Waals surface area contributed by atoms with E-state index in [2.05, 4.69) is 17.4 Å². The summed E-state index contributed by atoms with van der Waals surface area (Å²) in [6, 6.07) is 6.22. The monoisotopic (exact) mass is 404 g/mol. The van der Waals surface area contributed by atoms with Gasteiger partial charge >= 0.3 is 0 Å². The Balaban J connectivity index is 1.49. The zero-order chi connectivity index (χ0) is 20.3. The Labute approximate surface area is 172 Å². The normalized spacial score (nSPS) is 22.9. The van der Waals surface area contributed by atoms with Gasteiger partial charge in [-0.05, 0) is 42.5 Å². The molecular weight excluding hydrogens is 372 g/mol. The molecule has 2 fully saturated rings. The van der Waals surface area contributed by atoms with Crippen LogP contribution in [0.2, 0.25) is 0 Å². The minimum atomic E-state index is -0.778. The fraction of sp³-hybridized carbons (Fsp3) is 0.682. The molecule has 2 N–H and O–H groups in total. The lowest BCUT2D eigenvalue weighted by molar-refractivity contribution is -0.143. The van der Waals surface area contributed by atoms with Gasteiger partial charge in [-0.2, -0.15) is 0 Å². The lowest BCUT2D eigenvalue weighted by Gasteiger charge is -2.50. The topological polar surface area (TPSA) is 80.3 Å². The largest absolute Gasteiger partial charge is 0.497 e. The van der Waals surface area contributed by atoms with Gasteiger partial charge < -0.3 is 29.5 Å². The third kappa shape index (κ3) is 4.14. The average Bonchev–Trinajstić information content (AvgIpc) is 2.74. The highest BCUT2D eigenvalue weighted by Crippen LogP contribution is 2.44. The van der Waals surface area contributed by atoms with Crippen molar-refractivity contribution < 1.29 is 24.1 Å². The number of rotatable bonds is 5. The van der Waals surface area contributed by atoms with Crippen LogP contribution in [0.15, 0.2) is 18.2 Å². The van der Waals surface area contributed by atoms with E-state index in [-0.39, 0.29) is 18.0 Å². The van der Waals surface area contributed by atoms with E-state index in [1.165, 1.54) is 11.1 Å². The summed E-state index contributed by atoms with van der Waals surface area (Å²) in [7, 11) is 1.68. The van der Waals surface area contributed by atoms with Gasteiger partial charge in [0.15, 0.2) is 0 Å². The summed E-state index contributed by atoms with van der Waals surface area (Å²) < 4.78 is 16.4. The molecule has 0 atom stereocenters. The molecule has 3 aliphatic rings. The third-order valence-electron chi connectivity index (χ3n) is 6.71. The highest BCUT2D eigenvalue weighted by Gasteiger charge is 2.46. The Morgan fingerprint density at radius 1 is 1.17 bits per heavy atom. The molecule has 1 aromatic carbocycles. The SMILES string of the molecule is COc1ccc2c(c1)CCN(C(=O)CNCC1(O)CCOCC1)C21CCOCC1. The van der Waals surface area contributed by atoms with Crippen molar-refractivity contribution in [1.29, 1.82) is 0 Å². The molecule has 0 saturated carbocycles. The zero-order valence-corrected chi connectivity index (χ0v) is 17.2. The molecule has 160 valence electrons. The maximum Gasteiger partial charge on any atom is 0.237 e. The van der Waals surface area contributed by atoms with Gasteiger partial charge in [-0.1, -0.05) is 6.07 Å². The molecule has 3 aliphatic heterocycles. The molecule has 2 saturated heterocycles. The Hall–Kier alpha value is -1.67. The van der Waals surface area contributed by atoms with Gasteiger partial charge in [-0.25, -0.2) is 0 Å². The van der Waals surface area contributed by atoms with Gasteiger partial charge in [0, 0.05) is 52.4 Å². The van der Waals surface area contributed by atoms with Crippen LogP contribution in [0.5, 0.6) is 5.75 Å². The van der Waals surface area contributed by atoms with E-state index in [1.54, 1.807) is 7.11 Å². The minimum absolute atomic E-state index is 0.0871. The van der Waals surface area contributed by atoms with Crippen LogP contribution >= 0.6 is 0 Å². The Bertz CT molecular complexity index is 726. The van der Waals surface area contributed by atoms with E-state index in [1.807, 2.05) is 11.0 Å². The first-order valence-electron chi connectivity index (χ1n) is 10.6. The highest BCUT2D eigenvalue weighted by molar-refractivity contribution is 5.80. The van der Waals surface area contributed by atoms with Crippen LogP contribution in [-0.4, -0.2) is 74.7 Å². The van der Waals surface area contributed by atoms with Crippen LogP contribution < -0.4 is 10.1 Å². The molecule has 1 aromatic rings. The van der Waals surface area contributed by atoms with Crippen molar-refractivity contribution in [2.24, 2.45) is 0 Å². The number of benzene rings is 1. The number of hydrogen-bond donors (Lipinski definition) is 2. The summed E-state index contributed by atoms with van der Waals surface area (Å²) in [6.45, 7) is 3.80. The molecule has 0 unspecified atom stereocenters. The van der Waals surface area contributed by atoms with E-state index in [9.17, 15) is 9.90 Å². The van der Waals surface area contributed by atoms with Crippen LogP contribution in [0, 0.1) is 0 Å². The van der Waals surface area contributed by atoms with Crippen molar-refractivity contribution in [3.63, 3.8) is 0 Å². The first-order chi connectivity index (χ1) is 14.1. The van der Waals surface area contributed by atoms with Crippen LogP contribution in [0.3, 0.4) is 0 Å². The first-order valence-corrected chi connectivity index (χ1v) is 10.6. The highest BCUT2D eigenvalue weighted by atomic mass is 16.5. The van der Waals surface area contributed by atoms with Gasteiger partial charge in [0.1, 0.15) is 5.75 Å². The molecule has 1 spiro atoms. The molecule has 7 heteroatoms. The number of ether oxygens (including phenoxy) is 3. The van der Waals surface area contributed by atoms with Gasteiger partial charge in [0.25, 0.3) is 0 Å². The third-order valence-corrected chi connectivity index (χ3v) is 6.71. The molecule has 0 bridgehead atoms. The molecule has 4 rings (SSSR count). The molecule has 3 heterocycles. The smallest absolute Gasteiger partial charge is 0.237 e. The second kappa shape index (κ2) is 8.60. The van der Waals surface area contributed by atoms with Crippen molar-refractivity contribution in [1.82, 2.24) is 10.2 Å². The van der Waals surface area contributed by atoms with Crippen LogP contribution in [0.4, 0.5) is 0 Å². The Kier molecular flexibility index (Phi) is 6.11. The number of amides is 1. The second-order valence-corrected chi connectivity index (χ2v) is 8.40. The van der Waals surface area contributed by atoms with Crippen molar-refractivity contribution in [2.45, 2.75) is 43.2 Å². The number of aliphatic hydroxyl groups is 1. The molecule has 0 aromatic heterocycles. The van der Waals surface area contributed by atoms with Crippen LogP contribution in [0.1, 0.15) is 36.8 Å². The molecule has 7 nitrogen and oxygen atoms in total. The Morgan fingerprint density at radius 3 is 2.55 bits per heavy atom. The predicted molar refractivity (Wildman–Crippen MR) is 108 cm³/mol. The quantitative estimate of drug-likeness (QED) is 0.768. The first kappa shape index (κ1) is 20.6. The van der Waals surface area contributed by atoms with Crippen molar-refractivity contribution in [3.8, 4) is 5.75 Å². The lowest BCUT2D eigenvalue weighted by Crippen LogP contribution is -2.58. The van der Waals surface area contributed by atoms with E-state index in [4.69, 9.17) is 14.2 Å². The summed E-state index contributed by atoms with van der Waals surface area (Å²) in [6.07, 6.45) is 3.64. The predicted octanol–water partition coefficient (Wildman–Crippen LogP) is 1.22. The summed E-state index contributed by atoms with van der Waals surface area (Å²) in [4.78, 5) is 15.3. The summed E-state index contributed by atoms with van der Waals surface area (Å²) in [5, 5.41) is 13.8. The molecule has 0 aliphatic carbocycles. The van der Waals surface area contributed by atoms with E-state index in [0.29, 0.717) is 52.4 Å². The second-order valence-electron chi connectivity index (χ2n) is 8.40. The van der Waals surface area contributed by atoms with Crippen molar-refractivity contribution >= 4 is 5.91 Å². The molecule has 1 amide bonds. The number of carbonyl (C=O) groups excluding carboxylic acids is 1. The average molecular weight is 405 g/mol. The molecular formula is C22H32N2O5. The van der Waals surface area contributed by atoms with Crippen molar-refractivity contribution in [2.75, 3.05) is 53.2 Å². The van der Waals surface area contributed by atoms with Crippen LogP contribution in [-0.2, 0) is 26.2 Å². The van der Waals surface area contributed by atoms with Gasteiger partial charge in [0.05, 0.1) is 24.8 Å². The van der Waals surface area contributed by atoms with E-state index < -0.39 is 5.60 Å². The summed E-state index contributed by atoms with van der Waals surface area (Å²) in [5.74, 6) is 0.945.